The van der Waals surface area contributed by atoms with E-state index < -0.39 is 0 Å². The quantitative estimate of drug-likeness (QED) is 0.761. The molecule has 0 unspecified atom stereocenters. The topological polar surface area (TPSA) is 47.8 Å². The van der Waals surface area contributed by atoms with Gasteiger partial charge in [0.15, 0.2) is 6.29 Å². The first-order valence-corrected chi connectivity index (χ1v) is 6.83. The first-order chi connectivity index (χ1) is 9.71. The van der Waals surface area contributed by atoms with Crippen molar-refractivity contribution >= 4 is 6.29 Å². The lowest BCUT2D eigenvalue weighted by molar-refractivity contribution is 0.111. The summed E-state index contributed by atoms with van der Waals surface area (Å²) in [6.45, 7) is 4.41. The van der Waals surface area contributed by atoms with Crippen molar-refractivity contribution in [3.63, 3.8) is 0 Å². The zero-order valence-electron chi connectivity index (χ0n) is 11.7. The number of hydrogen-bond acceptors (Lipinski definition) is 3. The van der Waals surface area contributed by atoms with Crippen LogP contribution in [-0.4, -0.2) is 21.3 Å². The van der Waals surface area contributed by atoms with Crippen molar-refractivity contribution in [1.29, 1.82) is 0 Å². The molecule has 5 heteroatoms. The van der Waals surface area contributed by atoms with Crippen molar-refractivity contribution < 1.29 is 9.18 Å². The molecule has 106 valence electrons. The fourth-order valence-corrected chi connectivity index (χ4v) is 2.42. The normalized spacial score (nSPS) is 11.0. The second kappa shape index (κ2) is 6.41. The lowest BCUT2D eigenvalue weighted by atomic mass is 9.97. The predicted octanol–water partition coefficient (Wildman–Crippen LogP) is 3.18. The molecule has 0 aliphatic carbocycles. The lowest BCUT2D eigenvalue weighted by Crippen LogP contribution is -2.12. The van der Waals surface area contributed by atoms with Gasteiger partial charge in [-0.1, -0.05) is 37.3 Å². The van der Waals surface area contributed by atoms with Gasteiger partial charge in [0.25, 0.3) is 0 Å². The van der Waals surface area contributed by atoms with Gasteiger partial charge in [0, 0.05) is 11.5 Å². The Labute approximate surface area is 117 Å². The van der Waals surface area contributed by atoms with Crippen LogP contribution in [0.5, 0.6) is 0 Å². The average Bonchev–Trinajstić information content (AvgIpc) is 2.86. The van der Waals surface area contributed by atoms with Crippen LogP contribution >= 0.6 is 0 Å². The van der Waals surface area contributed by atoms with Gasteiger partial charge in [-0.3, -0.25) is 4.79 Å². The Hall–Kier alpha value is -2.04. The van der Waals surface area contributed by atoms with Gasteiger partial charge in [-0.25, -0.2) is 9.07 Å². The van der Waals surface area contributed by atoms with E-state index in [0.29, 0.717) is 17.8 Å². The molecule has 0 aliphatic rings. The molecule has 0 amide bonds. The van der Waals surface area contributed by atoms with E-state index in [0.717, 1.165) is 24.8 Å². The van der Waals surface area contributed by atoms with E-state index in [2.05, 4.69) is 24.2 Å². The second-order valence-electron chi connectivity index (χ2n) is 4.74. The molecule has 0 saturated carbocycles. The summed E-state index contributed by atoms with van der Waals surface area (Å²) in [5, 5.41) is 7.91. The van der Waals surface area contributed by atoms with E-state index in [-0.39, 0.29) is 11.7 Å². The lowest BCUT2D eigenvalue weighted by Gasteiger charge is -2.15. The molecule has 20 heavy (non-hydrogen) atoms. The van der Waals surface area contributed by atoms with Gasteiger partial charge in [0.2, 0.25) is 0 Å². The Balaban J connectivity index is 2.40. The maximum atomic E-state index is 13.7. The van der Waals surface area contributed by atoms with Crippen LogP contribution in [0.15, 0.2) is 24.3 Å². The summed E-state index contributed by atoms with van der Waals surface area (Å²) in [5.74, 6) is -0.0666. The minimum absolute atomic E-state index is 0.206. The molecule has 2 aromatic rings. The van der Waals surface area contributed by atoms with Crippen LogP contribution in [0, 0.1) is 5.82 Å². The van der Waals surface area contributed by atoms with Crippen LogP contribution in [0.1, 0.15) is 54.4 Å². The molecule has 2 rings (SSSR count). The summed E-state index contributed by atoms with van der Waals surface area (Å²) < 4.78 is 15.4. The minimum atomic E-state index is -0.272. The third-order valence-electron chi connectivity index (χ3n) is 3.56. The third-order valence-corrected chi connectivity index (χ3v) is 3.56. The molecule has 0 fully saturated rings. The summed E-state index contributed by atoms with van der Waals surface area (Å²) in [6.07, 6.45) is 2.50. The number of benzene rings is 1. The summed E-state index contributed by atoms with van der Waals surface area (Å²) in [5.41, 5.74) is 1.70. The number of halogens is 1. The Bertz CT molecular complexity index is 591. The van der Waals surface area contributed by atoms with Gasteiger partial charge in [-0.15, -0.1) is 5.10 Å². The Morgan fingerprint density at radius 3 is 2.60 bits per heavy atom. The molecule has 0 N–H and O–H groups in total. The Morgan fingerprint density at radius 2 is 2.00 bits per heavy atom. The number of aromatic nitrogens is 3. The standard InChI is InChI=1S/C15H18FN3O/c1-3-11(4-2)15-14(10-20)17-18-19(15)9-12-7-5-6-8-13(12)16/h5-8,10-11H,3-4,9H2,1-2H3. The van der Waals surface area contributed by atoms with Crippen LogP contribution in [0.3, 0.4) is 0 Å². The maximum Gasteiger partial charge on any atom is 0.172 e. The van der Waals surface area contributed by atoms with Crippen LogP contribution < -0.4 is 0 Å². The van der Waals surface area contributed by atoms with Crippen molar-refractivity contribution in [1.82, 2.24) is 15.0 Å². The second-order valence-corrected chi connectivity index (χ2v) is 4.74. The summed E-state index contributed by atoms with van der Waals surface area (Å²) >= 11 is 0. The highest BCUT2D eigenvalue weighted by Gasteiger charge is 2.20. The van der Waals surface area contributed by atoms with Gasteiger partial charge in [-0.2, -0.15) is 0 Å². The maximum absolute atomic E-state index is 13.7. The average molecular weight is 275 g/mol. The smallest absolute Gasteiger partial charge is 0.172 e. The number of carbonyl (C=O) groups is 1. The molecule has 1 aromatic carbocycles. The zero-order valence-corrected chi connectivity index (χ0v) is 11.7. The highest BCUT2D eigenvalue weighted by Crippen LogP contribution is 2.25. The first kappa shape index (κ1) is 14.4. The van der Waals surface area contributed by atoms with Crippen molar-refractivity contribution in [2.45, 2.75) is 39.2 Å². The Morgan fingerprint density at radius 1 is 1.30 bits per heavy atom. The highest BCUT2D eigenvalue weighted by molar-refractivity contribution is 5.73. The van der Waals surface area contributed by atoms with Crippen molar-refractivity contribution in [2.75, 3.05) is 0 Å². The largest absolute Gasteiger partial charge is 0.296 e. The number of hydrogen-bond donors (Lipinski definition) is 0. The molecule has 0 radical (unpaired) electrons. The number of carbonyl (C=O) groups excluding carboxylic acids is 1. The van der Waals surface area contributed by atoms with Crippen LogP contribution in [0.4, 0.5) is 4.39 Å². The molecule has 0 bridgehead atoms. The van der Waals surface area contributed by atoms with E-state index >= 15 is 0 Å². The third kappa shape index (κ3) is 2.76. The van der Waals surface area contributed by atoms with Crippen molar-refractivity contribution in [3.05, 3.63) is 47.0 Å². The van der Waals surface area contributed by atoms with Gasteiger partial charge in [0.05, 0.1) is 12.2 Å². The molecule has 1 aromatic heterocycles. The van der Waals surface area contributed by atoms with E-state index in [1.807, 2.05) is 0 Å². The van der Waals surface area contributed by atoms with E-state index in [4.69, 9.17) is 0 Å². The van der Waals surface area contributed by atoms with E-state index in [1.165, 1.54) is 6.07 Å². The molecule has 0 aliphatic heterocycles. The van der Waals surface area contributed by atoms with Gasteiger partial charge < -0.3 is 0 Å². The van der Waals surface area contributed by atoms with Crippen LogP contribution in [0.25, 0.3) is 0 Å². The van der Waals surface area contributed by atoms with Crippen LogP contribution in [-0.2, 0) is 6.54 Å². The fraction of sp³-hybridized carbons (Fsp3) is 0.400. The summed E-state index contributed by atoms with van der Waals surface area (Å²) in [4.78, 5) is 11.1. The molecule has 0 saturated heterocycles. The highest BCUT2D eigenvalue weighted by atomic mass is 19.1. The van der Waals surface area contributed by atoms with Crippen LogP contribution in [0.2, 0.25) is 0 Å². The fourth-order valence-electron chi connectivity index (χ4n) is 2.42. The summed E-state index contributed by atoms with van der Waals surface area (Å²) in [6, 6.07) is 6.57. The molecule has 0 spiro atoms. The van der Waals surface area contributed by atoms with Gasteiger partial charge in [-0.05, 0) is 18.9 Å². The van der Waals surface area contributed by atoms with Crippen molar-refractivity contribution in [3.8, 4) is 0 Å². The number of nitrogens with zero attached hydrogens (tertiary/aromatic N) is 3. The first-order valence-electron chi connectivity index (χ1n) is 6.83. The predicted molar refractivity (Wildman–Crippen MR) is 74.2 cm³/mol. The Kier molecular flexibility index (Phi) is 4.61. The van der Waals surface area contributed by atoms with E-state index in [1.54, 1.807) is 22.9 Å². The zero-order chi connectivity index (χ0) is 14.5. The number of aldehydes is 1. The SMILES string of the molecule is CCC(CC)c1c(C=O)nnn1Cc1ccccc1F. The molecule has 0 atom stereocenters. The summed E-state index contributed by atoms with van der Waals surface area (Å²) in [7, 11) is 0. The monoisotopic (exact) mass is 275 g/mol. The molecule has 1 heterocycles. The van der Waals surface area contributed by atoms with Gasteiger partial charge in [0.1, 0.15) is 11.5 Å². The molecule has 4 nitrogen and oxygen atoms in total. The van der Waals surface area contributed by atoms with E-state index in [9.17, 15) is 9.18 Å². The molecular formula is C15H18FN3O. The minimum Gasteiger partial charge on any atom is -0.296 e. The van der Waals surface area contributed by atoms with Crippen molar-refractivity contribution in [2.24, 2.45) is 0 Å². The molecular weight excluding hydrogens is 257 g/mol. The number of rotatable bonds is 6. The van der Waals surface area contributed by atoms with Gasteiger partial charge >= 0.3 is 0 Å².